The van der Waals surface area contributed by atoms with Gasteiger partial charge in [0.2, 0.25) is 0 Å². The zero-order valence-corrected chi connectivity index (χ0v) is 7.71. The highest BCUT2D eigenvalue weighted by Crippen LogP contribution is 2.19. The molecule has 0 aromatic rings. The third kappa shape index (κ3) is 3.30. The van der Waals surface area contributed by atoms with Crippen molar-refractivity contribution in [2.24, 2.45) is 0 Å². The van der Waals surface area contributed by atoms with Gasteiger partial charge in [0.1, 0.15) is 0 Å². The number of carboxylic acid groups (broad SMARTS) is 1. The molecular weight excluding hydrogens is 173 g/mol. The van der Waals surface area contributed by atoms with E-state index in [0.717, 1.165) is 19.4 Å². The van der Waals surface area contributed by atoms with Gasteiger partial charge >= 0.3 is 5.97 Å². The van der Waals surface area contributed by atoms with Crippen molar-refractivity contribution in [2.45, 2.75) is 31.7 Å². The standard InChI is InChI=1S/C9H16FNO2/c10-4-2-6-11-5-1-3-8(11)7-9(12)13/h8H,1-7H2,(H,12,13). The van der Waals surface area contributed by atoms with Crippen LogP contribution < -0.4 is 0 Å². The molecule has 1 fully saturated rings. The maximum absolute atomic E-state index is 11.9. The van der Waals surface area contributed by atoms with Crippen LogP contribution in [0.2, 0.25) is 0 Å². The first-order valence-corrected chi connectivity index (χ1v) is 4.76. The maximum atomic E-state index is 11.9. The van der Waals surface area contributed by atoms with Crippen LogP contribution in [0, 0.1) is 0 Å². The molecule has 1 unspecified atom stereocenters. The summed E-state index contributed by atoms with van der Waals surface area (Å²) in [5.74, 6) is -0.753. The van der Waals surface area contributed by atoms with E-state index in [2.05, 4.69) is 4.90 Å². The zero-order valence-electron chi connectivity index (χ0n) is 7.71. The van der Waals surface area contributed by atoms with Gasteiger partial charge in [-0.2, -0.15) is 0 Å². The van der Waals surface area contributed by atoms with Crippen LogP contribution in [0.3, 0.4) is 0 Å². The number of carboxylic acids is 1. The molecule has 1 saturated heterocycles. The van der Waals surface area contributed by atoms with Gasteiger partial charge in [-0.3, -0.25) is 14.1 Å². The maximum Gasteiger partial charge on any atom is 0.304 e. The Hall–Kier alpha value is -0.640. The molecular formula is C9H16FNO2. The first-order chi connectivity index (χ1) is 6.24. The number of likely N-dealkylation sites (tertiary alicyclic amines) is 1. The average Bonchev–Trinajstić information content (AvgIpc) is 2.48. The summed E-state index contributed by atoms with van der Waals surface area (Å²) in [4.78, 5) is 12.6. The van der Waals surface area contributed by atoms with Gasteiger partial charge in [-0.05, 0) is 25.8 Å². The molecule has 1 N–H and O–H groups in total. The van der Waals surface area contributed by atoms with Gasteiger partial charge in [0, 0.05) is 12.6 Å². The molecule has 1 aliphatic rings. The van der Waals surface area contributed by atoms with Crippen molar-refractivity contribution in [1.29, 1.82) is 0 Å². The predicted molar refractivity (Wildman–Crippen MR) is 47.4 cm³/mol. The van der Waals surface area contributed by atoms with Gasteiger partial charge in [0.05, 0.1) is 13.1 Å². The van der Waals surface area contributed by atoms with Gasteiger partial charge < -0.3 is 5.11 Å². The first kappa shape index (κ1) is 10.4. The van der Waals surface area contributed by atoms with Crippen LogP contribution >= 0.6 is 0 Å². The SMILES string of the molecule is O=C(O)CC1CCCN1CCCF. The van der Waals surface area contributed by atoms with Gasteiger partial charge in [0.15, 0.2) is 0 Å². The van der Waals surface area contributed by atoms with Gasteiger partial charge in [-0.25, -0.2) is 0 Å². The Labute approximate surface area is 77.5 Å². The van der Waals surface area contributed by atoms with Crippen molar-refractivity contribution in [3.63, 3.8) is 0 Å². The summed E-state index contributed by atoms with van der Waals surface area (Å²) >= 11 is 0. The van der Waals surface area contributed by atoms with E-state index in [1.54, 1.807) is 0 Å². The highest BCUT2D eigenvalue weighted by Gasteiger charge is 2.25. The highest BCUT2D eigenvalue weighted by atomic mass is 19.1. The lowest BCUT2D eigenvalue weighted by Gasteiger charge is -2.22. The largest absolute Gasteiger partial charge is 0.481 e. The molecule has 0 amide bonds. The van der Waals surface area contributed by atoms with Crippen LogP contribution in [0.1, 0.15) is 25.7 Å². The summed E-state index contributed by atoms with van der Waals surface area (Å²) in [5.41, 5.74) is 0. The Morgan fingerprint density at radius 1 is 1.62 bits per heavy atom. The quantitative estimate of drug-likeness (QED) is 0.708. The van der Waals surface area contributed by atoms with E-state index in [1.165, 1.54) is 0 Å². The van der Waals surface area contributed by atoms with Crippen LogP contribution in [-0.2, 0) is 4.79 Å². The van der Waals surface area contributed by atoms with Gasteiger partial charge in [0.25, 0.3) is 0 Å². The molecule has 1 atom stereocenters. The molecule has 0 spiro atoms. The summed E-state index contributed by atoms with van der Waals surface area (Å²) in [6, 6.07) is 0.143. The van der Waals surface area contributed by atoms with Crippen molar-refractivity contribution in [3.8, 4) is 0 Å². The number of hydrogen-bond donors (Lipinski definition) is 1. The smallest absolute Gasteiger partial charge is 0.304 e. The number of alkyl halides is 1. The molecule has 0 aliphatic carbocycles. The summed E-state index contributed by atoms with van der Waals surface area (Å²) in [7, 11) is 0. The number of halogens is 1. The fourth-order valence-corrected chi connectivity index (χ4v) is 1.89. The summed E-state index contributed by atoms with van der Waals surface area (Å²) in [6.45, 7) is 1.32. The lowest BCUT2D eigenvalue weighted by atomic mass is 10.1. The molecule has 1 heterocycles. The Kier molecular flexibility index (Phi) is 4.15. The molecule has 0 aromatic heterocycles. The second kappa shape index (κ2) is 5.17. The lowest BCUT2D eigenvalue weighted by Crippen LogP contribution is -2.32. The fraction of sp³-hybridized carbons (Fsp3) is 0.889. The minimum Gasteiger partial charge on any atom is -0.481 e. The highest BCUT2D eigenvalue weighted by molar-refractivity contribution is 5.67. The number of aliphatic carboxylic acids is 1. The second-order valence-corrected chi connectivity index (χ2v) is 3.47. The van der Waals surface area contributed by atoms with Crippen molar-refractivity contribution >= 4 is 5.97 Å². The molecule has 13 heavy (non-hydrogen) atoms. The van der Waals surface area contributed by atoms with Crippen LogP contribution in [0.4, 0.5) is 4.39 Å². The third-order valence-electron chi connectivity index (χ3n) is 2.49. The molecule has 76 valence electrons. The van der Waals surface area contributed by atoms with Crippen molar-refractivity contribution in [3.05, 3.63) is 0 Å². The van der Waals surface area contributed by atoms with Crippen LogP contribution in [0.15, 0.2) is 0 Å². The van der Waals surface area contributed by atoms with E-state index in [-0.39, 0.29) is 19.1 Å². The van der Waals surface area contributed by atoms with Crippen LogP contribution in [-0.4, -0.2) is 41.8 Å². The van der Waals surface area contributed by atoms with Crippen molar-refractivity contribution in [2.75, 3.05) is 19.8 Å². The molecule has 1 rings (SSSR count). The minimum atomic E-state index is -0.753. The second-order valence-electron chi connectivity index (χ2n) is 3.47. The molecule has 1 aliphatic heterocycles. The molecule has 0 saturated carbocycles. The van der Waals surface area contributed by atoms with Crippen LogP contribution in [0.25, 0.3) is 0 Å². The molecule has 3 nitrogen and oxygen atoms in total. The predicted octanol–water partition coefficient (Wildman–Crippen LogP) is 1.29. The average molecular weight is 189 g/mol. The van der Waals surface area contributed by atoms with E-state index in [9.17, 15) is 9.18 Å². The minimum absolute atomic E-state index is 0.143. The zero-order chi connectivity index (χ0) is 9.68. The Balaban J connectivity index is 2.30. The monoisotopic (exact) mass is 189 g/mol. The number of nitrogens with zero attached hydrogens (tertiary/aromatic N) is 1. The first-order valence-electron chi connectivity index (χ1n) is 4.76. The molecule has 0 radical (unpaired) electrons. The summed E-state index contributed by atoms with van der Waals surface area (Å²) in [5, 5.41) is 8.62. The van der Waals surface area contributed by atoms with E-state index < -0.39 is 5.97 Å². The third-order valence-corrected chi connectivity index (χ3v) is 2.49. The van der Waals surface area contributed by atoms with E-state index in [4.69, 9.17) is 5.11 Å². The molecule has 4 heteroatoms. The van der Waals surface area contributed by atoms with Gasteiger partial charge in [-0.15, -0.1) is 0 Å². The van der Waals surface area contributed by atoms with Crippen LogP contribution in [0.5, 0.6) is 0 Å². The molecule has 0 bridgehead atoms. The molecule has 0 aromatic carbocycles. The Morgan fingerprint density at radius 3 is 3.00 bits per heavy atom. The summed E-state index contributed by atoms with van der Waals surface area (Å²) in [6.07, 6.45) is 2.71. The Morgan fingerprint density at radius 2 is 2.38 bits per heavy atom. The van der Waals surface area contributed by atoms with Gasteiger partial charge in [-0.1, -0.05) is 0 Å². The van der Waals surface area contributed by atoms with E-state index in [0.29, 0.717) is 13.0 Å². The van der Waals surface area contributed by atoms with Crippen molar-refractivity contribution in [1.82, 2.24) is 4.90 Å². The number of rotatable bonds is 5. The fourth-order valence-electron chi connectivity index (χ4n) is 1.89. The topological polar surface area (TPSA) is 40.5 Å². The normalized spacial score (nSPS) is 23.6. The van der Waals surface area contributed by atoms with Crippen molar-refractivity contribution < 1.29 is 14.3 Å². The summed E-state index contributed by atoms with van der Waals surface area (Å²) < 4.78 is 11.9. The Bertz CT molecular complexity index is 175. The number of hydrogen-bond acceptors (Lipinski definition) is 2. The lowest BCUT2D eigenvalue weighted by molar-refractivity contribution is -0.138. The van der Waals surface area contributed by atoms with E-state index >= 15 is 0 Å². The van der Waals surface area contributed by atoms with E-state index in [1.807, 2.05) is 0 Å². The number of carbonyl (C=O) groups is 1.